The molecule has 0 saturated heterocycles. The molecule has 2 aromatic heterocycles. The first kappa shape index (κ1) is 34.6. The maximum absolute atomic E-state index is 12.1. The molecule has 3 rings (SSSR count). The van der Waals surface area contributed by atoms with Crippen LogP contribution in [0.2, 0.25) is 0 Å². The molecule has 43 heavy (non-hydrogen) atoms. The van der Waals surface area contributed by atoms with Crippen LogP contribution in [-0.2, 0) is 20.7 Å². The molecule has 0 radical (unpaired) electrons. The Bertz CT molecular complexity index is 1200. The number of pyridine rings is 1. The third-order valence-corrected chi connectivity index (χ3v) is 7.65. The molecule has 240 valence electrons. The summed E-state index contributed by atoms with van der Waals surface area (Å²) in [5.74, 6) is 1.27. The van der Waals surface area contributed by atoms with Gasteiger partial charge in [-0.2, -0.15) is 4.73 Å². The molecule has 0 unspecified atom stereocenters. The molecular weight excluding hydrogens is 542 g/mol. The van der Waals surface area contributed by atoms with Crippen molar-refractivity contribution in [2.24, 2.45) is 0 Å². The zero-order valence-electron chi connectivity index (χ0n) is 26.7. The molecule has 0 atom stereocenters. The summed E-state index contributed by atoms with van der Waals surface area (Å²) in [6, 6.07) is 7.88. The minimum Gasteiger partial charge on any atom is -0.410 e. The number of benzene rings is 1. The van der Waals surface area contributed by atoms with E-state index in [4.69, 9.17) is 25.0 Å². The Morgan fingerprint density at radius 1 is 0.791 bits per heavy atom. The van der Waals surface area contributed by atoms with Crippen LogP contribution in [0, 0.1) is 0 Å². The van der Waals surface area contributed by atoms with Gasteiger partial charge in [-0.3, -0.25) is 4.79 Å². The highest BCUT2D eigenvalue weighted by Crippen LogP contribution is 2.28. The van der Waals surface area contributed by atoms with Crippen LogP contribution in [0.4, 0.5) is 5.82 Å². The van der Waals surface area contributed by atoms with Crippen molar-refractivity contribution in [3.8, 4) is 0 Å². The summed E-state index contributed by atoms with van der Waals surface area (Å²) < 4.78 is 13.2. The number of para-hydroxylation sites is 1. The number of nitrogens with two attached hydrogens (primary N) is 1. The van der Waals surface area contributed by atoms with Crippen molar-refractivity contribution < 1.29 is 19.1 Å². The van der Waals surface area contributed by atoms with Gasteiger partial charge in [0.1, 0.15) is 23.5 Å². The molecule has 0 bridgehead atoms. The number of ether oxygens (including phenoxy) is 2. The van der Waals surface area contributed by atoms with Crippen molar-refractivity contribution in [3.05, 3.63) is 30.1 Å². The van der Waals surface area contributed by atoms with E-state index in [-0.39, 0.29) is 5.91 Å². The molecule has 0 aliphatic rings. The number of amides is 1. The van der Waals surface area contributed by atoms with Crippen LogP contribution in [0.1, 0.15) is 110 Å². The van der Waals surface area contributed by atoms with E-state index in [1.165, 1.54) is 57.8 Å². The number of carbonyl (C=O) groups excluding carboxylic acids is 1. The number of nitrogen functional groups attached to an aromatic ring is 1. The average Bonchev–Trinajstić information content (AvgIpc) is 3.38. The summed E-state index contributed by atoms with van der Waals surface area (Å²) in [7, 11) is 0. The second kappa shape index (κ2) is 20.9. The second-order valence-corrected chi connectivity index (χ2v) is 11.3. The largest absolute Gasteiger partial charge is 0.410 e. The van der Waals surface area contributed by atoms with Crippen LogP contribution >= 0.6 is 0 Å². The molecule has 9 heteroatoms. The Balaban J connectivity index is 1.23. The number of hydrogen-bond donors (Lipinski definition) is 2. The lowest BCUT2D eigenvalue weighted by molar-refractivity contribution is -0.121. The van der Waals surface area contributed by atoms with Crippen molar-refractivity contribution >= 4 is 33.7 Å². The number of rotatable bonds is 25. The van der Waals surface area contributed by atoms with E-state index in [0.29, 0.717) is 50.7 Å². The fourth-order valence-electron chi connectivity index (χ4n) is 5.22. The van der Waals surface area contributed by atoms with Gasteiger partial charge in [-0.05, 0) is 25.3 Å². The van der Waals surface area contributed by atoms with Gasteiger partial charge in [0.2, 0.25) is 5.91 Å². The molecule has 2 heterocycles. The minimum absolute atomic E-state index is 0.0333. The van der Waals surface area contributed by atoms with Gasteiger partial charge < -0.3 is 25.4 Å². The second-order valence-electron chi connectivity index (χ2n) is 11.3. The first-order valence-electron chi connectivity index (χ1n) is 16.8. The lowest BCUT2D eigenvalue weighted by atomic mass is 10.1. The molecule has 0 aliphatic carbocycles. The van der Waals surface area contributed by atoms with Gasteiger partial charge in [0, 0.05) is 38.0 Å². The third-order valence-electron chi connectivity index (χ3n) is 7.65. The normalized spacial score (nSPS) is 11.5. The van der Waals surface area contributed by atoms with Gasteiger partial charge in [-0.25, -0.2) is 9.97 Å². The van der Waals surface area contributed by atoms with Crippen LogP contribution in [-0.4, -0.2) is 60.2 Å². The number of carbonyl (C=O) groups is 1. The first-order chi connectivity index (χ1) is 21.2. The number of hydrogen-bond acceptors (Lipinski definition) is 7. The summed E-state index contributed by atoms with van der Waals surface area (Å²) in [5.41, 5.74) is 8.57. The Morgan fingerprint density at radius 2 is 1.47 bits per heavy atom. The standard InChI is InChI=1S/C34H55N5O4/c1-3-5-7-8-9-10-11-12-13-16-23-41-24-17-21-31(40)36-22-25-42-26-27-43-39-30(20-6-4-2)38-32-33(39)28-18-14-15-19-29(28)37-34(32)35/h14-15,18-19H,3-13,16-17,20-27H2,1-2H3,(H2,35,37)(H,36,40). The van der Waals surface area contributed by atoms with E-state index in [1.54, 1.807) is 4.73 Å². The van der Waals surface area contributed by atoms with Crippen LogP contribution in [0.25, 0.3) is 21.9 Å². The van der Waals surface area contributed by atoms with Gasteiger partial charge in [-0.1, -0.05) is 96.3 Å². The zero-order valence-corrected chi connectivity index (χ0v) is 26.7. The quantitative estimate of drug-likeness (QED) is 0.103. The number of fused-ring (bicyclic) bond motifs is 3. The van der Waals surface area contributed by atoms with E-state index in [1.807, 2.05) is 24.3 Å². The summed E-state index contributed by atoms with van der Waals surface area (Å²) in [6.45, 7) is 7.50. The van der Waals surface area contributed by atoms with Gasteiger partial charge in [0.05, 0.1) is 18.7 Å². The highest BCUT2D eigenvalue weighted by molar-refractivity contribution is 6.06. The van der Waals surface area contributed by atoms with Crippen molar-refractivity contribution in [2.45, 2.75) is 110 Å². The molecule has 0 aliphatic heterocycles. The number of anilines is 1. The maximum atomic E-state index is 12.1. The minimum atomic E-state index is 0.0333. The fraction of sp³-hybridized carbons (Fsp3) is 0.676. The topological polar surface area (TPSA) is 114 Å². The van der Waals surface area contributed by atoms with Gasteiger partial charge in [-0.15, -0.1) is 0 Å². The predicted octanol–water partition coefficient (Wildman–Crippen LogP) is 6.79. The Kier molecular flexibility index (Phi) is 16.8. The Labute approximate surface area is 258 Å². The summed E-state index contributed by atoms with van der Waals surface area (Å²) >= 11 is 0. The lowest BCUT2D eigenvalue weighted by Crippen LogP contribution is -2.28. The lowest BCUT2D eigenvalue weighted by Gasteiger charge is -2.13. The number of nitrogens with zero attached hydrogens (tertiary/aromatic N) is 3. The first-order valence-corrected chi connectivity index (χ1v) is 16.8. The number of imidazole rings is 1. The van der Waals surface area contributed by atoms with Crippen LogP contribution in [0.3, 0.4) is 0 Å². The molecule has 0 fully saturated rings. The van der Waals surface area contributed by atoms with Crippen molar-refractivity contribution in [2.75, 3.05) is 45.3 Å². The van der Waals surface area contributed by atoms with Crippen molar-refractivity contribution in [1.29, 1.82) is 0 Å². The highest BCUT2D eigenvalue weighted by Gasteiger charge is 2.18. The number of unbranched alkanes of at least 4 members (excludes halogenated alkanes) is 10. The molecule has 3 aromatic rings. The maximum Gasteiger partial charge on any atom is 0.220 e. The smallest absolute Gasteiger partial charge is 0.220 e. The average molecular weight is 598 g/mol. The molecule has 0 spiro atoms. The van der Waals surface area contributed by atoms with Crippen LogP contribution in [0.5, 0.6) is 0 Å². The van der Waals surface area contributed by atoms with Gasteiger partial charge >= 0.3 is 0 Å². The molecule has 3 N–H and O–H groups in total. The number of aromatic nitrogens is 3. The van der Waals surface area contributed by atoms with Crippen molar-refractivity contribution in [3.63, 3.8) is 0 Å². The monoisotopic (exact) mass is 597 g/mol. The van der Waals surface area contributed by atoms with Gasteiger partial charge in [0.25, 0.3) is 0 Å². The summed E-state index contributed by atoms with van der Waals surface area (Å²) in [5, 5.41) is 3.87. The third kappa shape index (κ3) is 12.3. The van der Waals surface area contributed by atoms with E-state index in [2.05, 4.69) is 24.1 Å². The van der Waals surface area contributed by atoms with E-state index < -0.39 is 0 Å². The van der Waals surface area contributed by atoms with Crippen LogP contribution < -0.4 is 15.9 Å². The summed E-state index contributed by atoms with van der Waals surface area (Å²) in [4.78, 5) is 27.6. The van der Waals surface area contributed by atoms with E-state index in [9.17, 15) is 4.79 Å². The van der Waals surface area contributed by atoms with E-state index in [0.717, 1.165) is 61.0 Å². The molecule has 9 nitrogen and oxygen atoms in total. The zero-order chi connectivity index (χ0) is 30.5. The predicted molar refractivity (Wildman–Crippen MR) is 175 cm³/mol. The Hall–Kier alpha value is -2.91. The van der Waals surface area contributed by atoms with Gasteiger partial charge in [0.15, 0.2) is 5.82 Å². The highest BCUT2D eigenvalue weighted by atomic mass is 16.7. The molecule has 1 amide bonds. The molecule has 0 saturated carbocycles. The summed E-state index contributed by atoms with van der Waals surface area (Å²) in [6.07, 6.45) is 17.3. The fourth-order valence-corrected chi connectivity index (χ4v) is 5.22. The van der Waals surface area contributed by atoms with Crippen molar-refractivity contribution in [1.82, 2.24) is 20.0 Å². The Morgan fingerprint density at radius 3 is 2.23 bits per heavy atom. The number of aryl methyl sites for hydroxylation is 1. The number of nitrogens with one attached hydrogen (secondary N) is 1. The van der Waals surface area contributed by atoms with E-state index >= 15 is 0 Å². The molecule has 1 aromatic carbocycles. The van der Waals surface area contributed by atoms with Crippen LogP contribution in [0.15, 0.2) is 24.3 Å². The SMILES string of the molecule is CCCCCCCCCCCCOCCCC(=O)NCCOCCOn1c(CCCC)nc2c(N)nc3ccccc3c21. The molecular formula is C34H55N5O4.